The SMILES string of the molecule is Cc1ccc(-c2nnc(COc3cccc(Cl)c3Cl)o2)cc1. The molecule has 0 bridgehead atoms. The van der Waals surface area contributed by atoms with Gasteiger partial charge in [0.05, 0.1) is 5.02 Å². The van der Waals surface area contributed by atoms with Crippen LogP contribution in [0, 0.1) is 6.92 Å². The second kappa shape index (κ2) is 6.38. The van der Waals surface area contributed by atoms with Gasteiger partial charge < -0.3 is 9.15 Å². The van der Waals surface area contributed by atoms with E-state index in [9.17, 15) is 0 Å². The molecule has 0 unspecified atom stereocenters. The summed E-state index contributed by atoms with van der Waals surface area (Å²) >= 11 is 12.0. The summed E-state index contributed by atoms with van der Waals surface area (Å²) in [7, 11) is 0. The highest BCUT2D eigenvalue weighted by Gasteiger charge is 2.11. The Morgan fingerprint density at radius 3 is 2.59 bits per heavy atom. The van der Waals surface area contributed by atoms with Crippen LogP contribution in [-0.4, -0.2) is 10.2 Å². The van der Waals surface area contributed by atoms with Crippen molar-refractivity contribution >= 4 is 23.2 Å². The molecule has 6 heteroatoms. The summed E-state index contributed by atoms with van der Waals surface area (Å²) in [5.74, 6) is 1.30. The Morgan fingerprint density at radius 2 is 1.82 bits per heavy atom. The van der Waals surface area contributed by atoms with Crippen LogP contribution in [0.1, 0.15) is 11.5 Å². The maximum atomic E-state index is 6.05. The Kier molecular flexibility index (Phi) is 4.32. The number of benzene rings is 2. The third-order valence-corrected chi connectivity index (χ3v) is 3.83. The van der Waals surface area contributed by atoms with Gasteiger partial charge in [0.1, 0.15) is 10.8 Å². The molecular formula is C16H12Cl2N2O2. The maximum Gasteiger partial charge on any atom is 0.254 e. The van der Waals surface area contributed by atoms with Crippen LogP contribution in [0.3, 0.4) is 0 Å². The van der Waals surface area contributed by atoms with Crippen molar-refractivity contribution in [2.24, 2.45) is 0 Å². The van der Waals surface area contributed by atoms with E-state index < -0.39 is 0 Å². The third-order valence-electron chi connectivity index (χ3n) is 3.03. The number of rotatable bonds is 4. The van der Waals surface area contributed by atoms with Crippen LogP contribution in [0.15, 0.2) is 46.9 Å². The number of halogens is 2. The predicted octanol–water partition coefficient (Wildman–Crippen LogP) is 4.93. The van der Waals surface area contributed by atoms with Gasteiger partial charge in [0.25, 0.3) is 5.89 Å². The van der Waals surface area contributed by atoms with Crippen molar-refractivity contribution in [3.63, 3.8) is 0 Å². The fourth-order valence-corrected chi connectivity index (χ4v) is 2.21. The first-order chi connectivity index (χ1) is 10.6. The Morgan fingerprint density at radius 1 is 1.05 bits per heavy atom. The lowest BCUT2D eigenvalue weighted by molar-refractivity contribution is 0.264. The average Bonchev–Trinajstić information content (AvgIpc) is 2.98. The van der Waals surface area contributed by atoms with Gasteiger partial charge in [0.2, 0.25) is 5.89 Å². The molecule has 0 spiro atoms. The Hall–Kier alpha value is -2.04. The molecule has 22 heavy (non-hydrogen) atoms. The second-order valence-electron chi connectivity index (χ2n) is 4.71. The minimum atomic E-state index is 0.124. The molecule has 112 valence electrons. The second-order valence-corrected chi connectivity index (χ2v) is 5.49. The number of nitrogens with zero attached hydrogens (tertiary/aromatic N) is 2. The number of aryl methyl sites for hydroxylation is 1. The number of hydrogen-bond acceptors (Lipinski definition) is 4. The number of hydrogen-bond donors (Lipinski definition) is 0. The molecular weight excluding hydrogens is 323 g/mol. The first kappa shape index (κ1) is 14.9. The van der Waals surface area contributed by atoms with E-state index in [4.69, 9.17) is 32.4 Å². The van der Waals surface area contributed by atoms with Gasteiger partial charge in [-0.15, -0.1) is 10.2 Å². The molecule has 4 nitrogen and oxygen atoms in total. The van der Waals surface area contributed by atoms with Gasteiger partial charge in [-0.3, -0.25) is 0 Å². The highest BCUT2D eigenvalue weighted by Crippen LogP contribution is 2.32. The molecule has 1 heterocycles. The minimum absolute atomic E-state index is 0.124. The number of aromatic nitrogens is 2. The largest absolute Gasteiger partial charge is 0.482 e. The van der Waals surface area contributed by atoms with Crippen LogP contribution in [0.2, 0.25) is 10.0 Å². The Labute approximate surface area is 137 Å². The van der Waals surface area contributed by atoms with E-state index in [-0.39, 0.29) is 6.61 Å². The molecule has 2 aromatic carbocycles. The molecule has 0 amide bonds. The molecule has 3 rings (SSSR count). The van der Waals surface area contributed by atoms with Gasteiger partial charge in [-0.05, 0) is 31.2 Å². The van der Waals surface area contributed by atoms with Crippen molar-refractivity contribution in [3.05, 3.63) is 64.0 Å². The highest BCUT2D eigenvalue weighted by atomic mass is 35.5. The van der Waals surface area contributed by atoms with Crippen LogP contribution in [0.4, 0.5) is 0 Å². The first-order valence-corrected chi connectivity index (χ1v) is 7.35. The van der Waals surface area contributed by atoms with Gasteiger partial charge in [0.15, 0.2) is 6.61 Å². The molecule has 0 atom stereocenters. The van der Waals surface area contributed by atoms with Crippen molar-refractivity contribution in [1.29, 1.82) is 0 Å². The highest BCUT2D eigenvalue weighted by molar-refractivity contribution is 6.42. The quantitative estimate of drug-likeness (QED) is 0.678. The van der Waals surface area contributed by atoms with E-state index in [2.05, 4.69) is 10.2 Å². The van der Waals surface area contributed by atoms with Gasteiger partial charge in [0, 0.05) is 5.56 Å². The zero-order valence-corrected chi connectivity index (χ0v) is 13.2. The molecule has 0 radical (unpaired) electrons. The van der Waals surface area contributed by atoms with E-state index in [1.165, 1.54) is 5.56 Å². The Bertz CT molecular complexity index is 785. The topological polar surface area (TPSA) is 48.2 Å². The van der Waals surface area contributed by atoms with Crippen molar-refractivity contribution in [2.75, 3.05) is 0 Å². The maximum absolute atomic E-state index is 6.05. The minimum Gasteiger partial charge on any atom is -0.482 e. The first-order valence-electron chi connectivity index (χ1n) is 6.60. The lowest BCUT2D eigenvalue weighted by Crippen LogP contribution is -1.96. The van der Waals surface area contributed by atoms with Gasteiger partial charge in [-0.25, -0.2) is 0 Å². The average molecular weight is 335 g/mol. The van der Waals surface area contributed by atoms with Crippen molar-refractivity contribution in [1.82, 2.24) is 10.2 Å². The molecule has 0 aliphatic heterocycles. The van der Waals surface area contributed by atoms with E-state index in [0.717, 1.165) is 5.56 Å². The molecule has 0 saturated heterocycles. The van der Waals surface area contributed by atoms with Crippen LogP contribution < -0.4 is 4.74 Å². The molecule has 0 aliphatic carbocycles. The summed E-state index contributed by atoms with van der Waals surface area (Å²) in [5, 5.41) is 8.78. The van der Waals surface area contributed by atoms with Gasteiger partial charge >= 0.3 is 0 Å². The van der Waals surface area contributed by atoms with E-state index in [1.807, 2.05) is 31.2 Å². The number of ether oxygens (including phenoxy) is 1. The van der Waals surface area contributed by atoms with Crippen LogP contribution in [-0.2, 0) is 6.61 Å². The van der Waals surface area contributed by atoms with E-state index in [1.54, 1.807) is 18.2 Å². The molecule has 3 aromatic rings. The molecule has 0 fully saturated rings. The standard InChI is InChI=1S/C16H12Cl2N2O2/c1-10-5-7-11(8-6-10)16-20-19-14(22-16)9-21-13-4-2-3-12(17)15(13)18/h2-8H,9H2,1H3. The molecule has 0 N–H and O–H groups in total. The predicted molar refractivity (Wildman–Crippen MR) is 85.3 cm³/mol. The summed E-state index contributed by atoms with van der Waals surface area (Å²) < 4.78 is 11.1. The zero-order chi connectivity index (χ0) is 15.5. The van der Waals surface area contributed by atoms with E-state index >= 15 is 0 Å². The summed E-state index contributed by atoms with van der Waals surface area (Å²) in [6.45, 7) is 2.14. The lowest BCUT2D eigenvalue weighted by atomic mass is 10.1. The summed E-state index contributed by atoms with van der Waals surface area (Å²) in [5.41, 5.74) is 2.03. The normalized spacial score (nSPS) is 10.7. The van der Waals surface area contributed by atoms with E-state index in [0.29, 0.717) is 27.6 Å². The Balaban J connectivity index is 1.72. The van der Waals surface area contributed by atoms with Gasteiger partial charge in [-0.1, -0.05) is 47.0 Å². The summed E-state index contributed by atoms with van der Waals surface area (Å²) in [6, 6.07) is 13.0. The smallest absolute Gasteiger partial charge is 0.254 e. The van der Waals surface area contributed by atoms with Crippen molar-refractivity contribution < 1.29 is 9.15 Å². The lowest BCUT2D eigenvalue weighted by Gasteiger charge is -2.06. The molecule has 0 saturated carbocycles. The van der Waals surface area contributed by atoms with Crippen molar-refractivity contribution in [3.8, 4) is 17.2 Å². The zero-order valence-electron chi connectivity index (χ0n) is 11.7. The molecule has 1 aromatic heterocycles. The summed E-state index contributed by atoms with van der Waals surface area (Å²) in [6.07, 6.45) is 0. The molecule has 0 aliphatic rings. The third kappa shape index (κ3) is 3.24. The van der Waals surface area contributed by atoms with Gasteiger partial charge in [-0.2, -0.15) is 0 Å². The van der Waals surface area contributed by atoms with Crippen LogP contribution in [0.5, 0.6) is 5.75 Å². The summed E-state index contributed by atoms with van der Waals surface area (Å²) in [4.78, 5) is 0. The fraction of sp³-hybridized carbons (Fsp3) is 0.125. The van der Waals surface area contributed by atoms with Crippen LogP contribution in [0.25, 0.3) is 11.5 Å². The van der Waals surface area contributed by atoms with Crippen molar-refractivity contribution in [2.45, 2.75) is 13.5 Å². The fourth-order valence-electron chi connectivity index (χ4n) is 1.86. The van der Waals surface area contributed by atoms with Crippen LogP contribution >= 0.6 is 23.2 Å². The monoisotopic (exact) mass is 334 g/mol.